The molecule has 2 heterocycles. The zero-order valence-corrected chi connectivity index (χ0v) is 15.4. The van der Waals surface area contributed by atoms with Crippen LogP contribution < -0.4 is 10.6 Å². The number of hydrogen-bond acceptors (Lipinski definition) is 6. The van der Waals surface area contributed by atoms with E-state index in [1.807, 2.05) is 6.07 Å². The van der Waals surface area contributed by atoms with Crippen molar-refractivity contribution in [2.75, 3.05) is 11.9 Å². The minimum atomic E-state index is -0.943. The lowest BCUT2D eigenvalue weighted by molar-refractivity contribution is 0.0104. The van der Waals surface area contributed by atoms with Gasteiger partial charge in [0.2, 0.25) is 0 Å². The molecule has 1 aliphatic heterocycles. The number of nitrogens with zero attached hydrogens (tertiary/aromatic N) is 3. The van der Waals surface area contributed by atoms with Gasteiger partial charge in [0.15, 0.2) is 0 Å². The number of alkyl halides is 1. The quantitative estimate of drug-likeness (QED) is 0.716. The zero-order valence-electron chi connectivity index (χ0n) is 15.4. The van der Waals surface area contributed by atoms with Gasteiger partial charge in [0.05, 0.1) is 17.3 Å². The van der Waals surface area contributed by atoms with Crippen LogP contribution in [0.1, 0.15) is 18.4 Å². The Balaban J connectivity index is 1.49. The van der Waals surface area contributed by atoms with Crippen molar-refractivity contribution < 1.29 is 13.9 Å². The van der Waals surface area contributed by atoms with Crippen LogP contribution in [0.25, 0.3) is 11.3 Å². The van der Waals surface area contributed by atoms with Crippen LogP contribution in [0.4, 0.5) is 14.6 Å². The van der Waals surface area contributed by atoms with Crippen LogP contribution in [-0.2, 0) is 0 Å². The highest BCUT2D eigenvalue weighted by Crippen LogP contribution is 2.48. The Hall–Kier alpha value is -3.47. The molecular weight excluding hydrogens is 376 g/mol. The summed E-state index contributed by atoms with van der Waals surface area (Å²) in [6.45, 7) is 0.337. The van der Waals surface area contributed by atoms with E-state index in [9.17, 15) is 13.9 Å². The predicted molar refractivity (Wildman–Crippen MR) is 104 cm³/mol. The number of phenols is 1. The van der Waals surface area contributed by atoms with E-state index in [-0.39, 0.29) is 30.0 Å². The molecule has 8 heteroatoms. The van der Waals surface area contributed by atoms with Crippen molar-refractivity contribution in [1.29, 1.82) is 5.26 Å². The SMILES string of the molecule is N#Cc1cccc(-c2ccc(NCC3(C4NC=CC=C4F)CC(F)C3)nn2)c1O. The molecule has 0 saturated heterocycles. The lowest BCUT2D eigenvalue weighted by atomic mass is 9.62. The smallest absolute Gasteiger partial charge is 0.148 e. The summed E-state index contributed by atoms with van der Waals surface area (Å²) >= 11 is 0. The average Bonchev–Trinajstić information content (AvgIpc) is 2.71. The molecule has 6 nitrogen and oxygen atoms in total. The molecule has 2 aliphatic rings. The zero-order chi connectivity index (χ0) is 20.4. The molecule has 148 valence electrons. The molecule has 2 aromatic rings. The van der Waals surface area contributed by atoms with Crippen LogP contribution in [-0.4, -0.2) is 34.1 Å². The number of anilines is 1. The summed E-state index contributed by atoms with van der Waals surface area (Å²) in [5.74, 6) is 0.00342. The second kappa shape index (κ2) is 7.51. The number of dihydropyridines is 1. The number of rotatable bonds is 5. The molecular formula is C21H19F2N5O. The molecule has 1 aromatic carbocycles. The van der Waals surface area contributed by atoms with Crippen LogP contribution in [0.5, 0.6) is 5.75 Å². The summed E-state index contributed by atoms with van der Waals surface area (Å²) in [7, 11) is 0. The maximum Gasteiger partial charge on any atom is 0.148 e. The Morgan fingerprint density at radius 1 is 1.28 bits per heavy atom. The highest BCUT2D eigenvalue weighted by Gasteiger charge is 2.51. The summed E-state index contributed by atoms with van der Waals surface area (Å²) in [5.41, 5.74) is 0.387. The number of benzene rings is 1. The number of hydrogen-bond donors (Lipinski definition) is 3. The van der Waals surface area contributed by atoms with E-state index in [1.54, 1.807) is 36.5 Å². The molecule has 1 fully saturated rings. The van der Waals surface area contributed by atoms with Crippen LogP contribution in [0.2, 0.25) is 0 Å². The Labute approximate surface area is 166 Å². The summed E-state index contributed by atoms with van der Waals surface area (Å²) in [6, 6.07) is 9.50. The van der Waals surface area contributed by atoms with Crippen LogP contribution in [0.15, 0.2) is 54.5 Å². The lowest BCUT2D eigenvalue weighted by Gasteiger charge is -2.49. The van der Waals surface area contributed by atoms with Gasteiger partial charge in [0.25, 0.3) is 0 Å². The Bertz CT molecular complexity index is 1010. The summed E-state index contributed by atoms with van der Waals surface area (Å²) in [5, 5.41) is 33.5. The maximum absolute atomic E-state index is 14.3. The Morgan fingerprint density at radius 2 is 2.10 bits per heavy atom. The van der Waals surface area contributed by atoms with Crippen molar-refractivity contribution in [3.05, 3.63) is 60.1 Å². The molecule has 29 heavy (non-hydrogen) atoms. The van der Waals surface area contributed by atoms with Crippen molar-refractivity contribution >= 4 is 5.82 Å². The van der Waals surface area contributed by atoms with E-state index in [2.05, 4.69) is 20.8 Å². The third kappa shape index (κ3) is 3.51. The van der Waals surface area contributed by atoms with Crippen molar-refractivity contribution in [3.63, 3.8) is 0 Å². The number of allylic oxidation sites excluding steroid dienone is 2. The van der Waals surface area contributed by atoms with Crippen molar-refractivity contribution in [2.45, 2.75) is 25.1 Å². The van der Waals surface area contributed by atoms with Gasteiger partial charge in [0, 0.05) is 17.5 Å². The second-order valence-electron chi connectivity index (χ2n) is 7.35. The molecule has 0 amide bonds. The molecule has 1 atom stereocenters. The van der Waals surface area contributed by atoms with Crippen molar-refractivity contribution in [1.82, 2.24) is 15.5 Å². The van der Waals surface area contributed by atoms with Gasteiger partial charge in [-0.25, -0.2) is 8.78 Å². The molecule has 1 unspecified atom stereocenters. The number of nitrogens with one attached hydrogen (secondary N) is 2. The monoisotopic (exact) mass is 395 g/mol. The normalized spacial score (nSPS) is 25.3. The fraction of sp³-hybridized carbons (Fsp3) is 0.286. The van der Waals surface area contributed by atoms with E-state index in [0.29, 0.717) is 23.6 Å². The molecule has 4 rings (SSSR count). The van der Waals surface area contributed by atoms with Crippen LogP contribution in [0, 0.1) is 16.7 Å². The molecule has 0 radical (unpaired) electrons. The summed E-state index contributed by atoms with van der Waals surface area (Å²) in [4.78, 5) is 0. The fourth-order valence-corrected chi connectivity index (χ4v) is 3.92. The van der Waals surface area contributed by atoms with Gasteiger partial charge in [-0.1, -0.05) is 6.07 Å². The standard InChI is InChI=1S/C21H19F2N5O/c22-14-9-21(10-14,20-16(23)5-2-8-25-20)12-26-18-7-6-17(27-28-18)15-4-1-3-13(11-24)19(15)29/h1-8,14,20,25,29H,9-10,12H2,(H,26,28). The highest BCUT2D eigenvalue weighted by atomic mass is 19.1. The largest absolute Gasteiger partial charge is 0.506 e. The molecule has 1 aromatic heterocycles. The maximum atomic E-state index is 14.3. The molecule has 0 bridgehead atoms. The van der Waals surface area contributed by atoms with Gasteiger partial charge >= 0.3 is 0 Å². The predicted octanol–water partition coefficient (Wildman–Crippen LogP) is 3.59. The summed E-state index contributed by atoms with van der Waals surface area (Å²) < 4.78 is 28.0. The van der Waals surface area contributed by atoms with E-state index in [0.717, 1.165) is 0 Å². The van der Waals surface area contributed by atoms with E-state index in [1.165, 1.54) is 12.1 Å². The number of nitriles is 1. The van der Waals surface area contributed by atoms with Crippen LogP contribution >= 0.6 is 0 Å². The fourth-order valence-electron chi connectivity index (χ4n) is 3.92. The first-order chi connectivity index (χ1) is 14.0. The Morgan fingerprint density at radius 3 is 2.76 bits per heavy atom. The van der Waals surface area contributed by atoms with Crippen molar-refractivity contribution in [2.24, 2.45) is 5.41 Å². The van der Waals surface area contributed by atoms with E-state index >= 15 is 0 Å². The Kier molecular flexibility index (Phi) is 4.89. The molecule has 1 saturated carbocycles. The van der Waals surface area contributed by atoms with Crippen molar-refractivity contribution in [3.8, 4) is 23.1 Å². The van der Waals surface area contributed by atoms with Crippen LogP contribution in [0.3, 0.4) is 0 Å². The van der Waals surface area contributed by atoms with Gasteiger partial charge in [-0.3, -0.25) is 0 Å². The topological polar surface area (TPSA) is 93.9 Å². The first kappa shape index (κ1) is 18.9. The number of aromatic nitrogens is 2. The highest BCUT2D eigenvalue weighted by molar-refractivity contribution is 5.70. The third-order valence-corrected chi connectivity index (χ3v) is 5.48. The molecule has 1 aliphatic carbocycles. The van der Waals surface area contributed by atoms with Gasteiger partial charge in [0.1, 0.15) is 29.6 Å². The van der Waals surface area contributed by atoms with Gasteiger partial charge < -0.3 is 15.7 Å². The minimum absolute atomic E-state index is 0.147. The minimum Gasteiger partial charge on any atom is -0.506 e. The van der Waals surface area contributed by atoms with Gasteiger partial charge in [-0.05, 0) is 55.5 Å². The number of aromatic hydroxyl groups is 1. The van der Waals surface area contributed by atoms with Gasteiger partial charge in [-0.2, -0.15) is 5.26 Å². The number of phenolic OH excluding ortho intramolecular Hbond substituents is 1. The average molecular weight is 395 g/mol. The molecule has 3 N–H and O–H groups in total. The first-order valence-electron chi connectivity index (χ1n) is 9.25. The number of para-hydroxylation sites is 1. The third-order valence-electron chi connectivity index (χ3n) is 5.48. The molecule has 0 spiro atoms. The number of halogens is 2. The van der Waals surface area contributed by atoms with E-state index in [4.69, 9.17) is 5.26 Å². The first-order valence-corrected chi connectivity index (χ1v) is 9.25. The van der Waals surface area contributed by atoms with E-state index < -0.39 is 17.6 Å². The summed E-state index contributed by atoms with van der Waals surface area (Å²) in [6.07, 6.45) is 4.21. The lowest BCUT2D eigenvalue weighted by Crippen LogP contribution is -2.57. The second-order valence-corrected chi connectivity index (χ2v) is 7.35. The van der Waals surface area contributed by atoms with Gasteiger partial charge in [-0.15, -0.1) is 10.2 Å².